The van der Waals surface area contributed by atoms with Gasteiger partial charge in [-0.15, -0.1) is 0 Å². The molecule has 1 saturated carbocycles. The Balaban J connectivity index is 2.37. The second kappa shape index (κ2) is 5.66. The number of aromatic amines is 1. The van der Waals surface area contributed by atoms with E-state index in [1.807, 2.05) is 0 Å². The number of esters is 1. The summed E-state index contributed by atoms with van der Waals surface area (Å²) in [6, 6.07) is -0.387. The number of hydrogen-bond donors (Lipinski definition) is 3. The minimum atomic E-state index is -0.745. The molecule has 0 aromatic carbocycles. The Hall–Kier alpha value is -2.19. The summed E-state index contributed by atoms with van der Waals surface area (Å²) in [7, 11) is 1.21. The van der Waals surface area contributed by atoms with Gasteiger partial charge in [0.2, 0.25) is 0 Å². The first-order valence-corrected chi connectivity index (χ1v) is 6.30. The fourth-order valence-corrected chi connectivity index (χ4v) is 2.19. The van der Waals surface area contributed by atoms with Gasteiger partial charge in [-0.3, -0.25) is 14.3 Å². The molecule has 0 spiro atoms. The van der Waals surface area contributed by atoms with Gasteiger partial charge in [0, 0.05) is 23.7 Å². The molecule has 1 aromatic rings. The highest BCUT2D eigenvalue weighted by Crippen LogP contribution is 2.54. The molecule has 21 heavy (non-hydrogen) atoms. The van der Waals surface area contributed by atoms with E-state index in [1.165, 1.54) is 23.9 Å². The number of carbonyl (C=O) groups is 1. The normalized spacial score (nSPS) is 19.7. The highest BCUT2D eigenvalue weighted by atomic mass is 16.5. The minimum Gasteiger partial charge on any atom is -0.466 e. The van der Waals surface area contributed by atoms with Crippen molar-refractivity contribution in [3.8, 4) is 0 Å². The number of carbonyl (C=O) groups excluding carboxylic acids is 1. The Morgan fingerprint density at radius 3 is 2.71 bits per heavy atom. The van der Waals surface area contributed by atoms with Crippen LogP contribution in [0, 0.1) is 5.41 Å². The zero-order valence-electron chi connectivity index (χ0n) is 11.4. The van der Waals surface area contributed by atoms with Gasteiger partial charge in [0.1, 0.15) is 0 Å². The quantitative estimate of drug-likeness (QED) is 0.455. The fourth-order valence-electron chi connectivity index (χ4n) is 2.19. The summed E-state index contributed by atoms with van der Waals surface area (Å²) >= 11 is 0. The molecule has 0 saturated heterocycles. The molecule has 1 aliphatic carbocycles. The molecule has 1 atom stereocenters. The van der Waals surface area contributed by atoms with Crippen LogP contribution in [0.3, 0.4) is 0 Å². The molecule has 0 radical (unpaired) electrons. The molecule has 114 valence electrons. The first kappa shape index (κ1) is 15.2. The summed E-state index contributed by atoms with van der Waals surface area (Å²) in [4.78, 5) is 36.7. The number of rotatable bonds is 5. The number of hydrogen-bond acceptors (Lipinski definition) is 6. The van der Waals surface area contributed by atoms with Crippen molar-refractivity contribution in [2.75, 3.05) is 20.3 Å². The van der Waals surface area contributed by atoms with Crippen molar-refractivity contribution >= 4 is 12.0 Å². The largest absolute Gasteiger partial charge is 0.466 e. The zero-order valence-corrected chi connectivity index (χ0v) is 11.4. The SMILES string of the molecule is COC(=O)/C=C/c1cn(C2CC2(CO)CO)c(=O)[nH]c1=O. The molecule has 8 heteroatoms. The van der Waals surface area contributed by atoms with Gasteiger partial charge in [-0.05, 0) is 12.5 Å². The van der Waals surface area contributed by atoms with E-state index in [-0.39, 0.29) is 24.8 Å². The van der Waals surface area contributed by atoms with E-state index in [0.29, 0.717) is 6.42 Å². The van der Waals surface area contributed by atoms with Gasteiger partial charge < -0.3 is 14.9 Å². The van der Waals surface area contributed by atoms with Crippen molar-refractivity contribution in [3.63, 3.8) is 0 Å². The van der Waals surface area contributed by atoms with Crippen LogP contribution in [0.25, 0.3) is 6.08 Å². The number of ether oxygens (including phenoxy) is 1. The second-order valence-electron chi connectivity index (χ2n) is 5.01. The molecule has 0 aliphatic heterocycles. The number of H-pyrrole nitrogens is 1. The molecule has 1 aliphatic rings. The average molecular weight is 296 g/mol. The summed E-state index contributed by atoms with van der Waals surface area (Å²) in [5.41, 5.74) is -1.89. The van der Waals surface area contributed by atoms with Crippen molar-refractivity contribution < 1.29 is 19.7 Å². The third-order valence-electron chi connectivity index (χ3n) is 3.71. The summed E-state index contributed by atoms with van der Waals surface area (Å²) < 4.78 is 5.68. The molecule has 0 bridgehead atoms. The molecule has 1 heterocycles. The number of nitrogens with zero attached hydrogens (tertiary/aromatic N) is 1. The van der Waals surface area contributed by atoms with Gasteiger partial charge in [0.25, 0.3) is 5.56 Å². The van der Waals surface area contributed by atoms with E-state index < -0.39 is 22.6 Å². The van der Waals surface area contributed by atoms with Crippen LogP contribution in [0.5, 0.6) is 0 Å². The van der Waals surface area contributed by atoms with E-state index in [0.717, 1.165) is 6.08 Å². The fraction of sp³-hybridized carbons (Fsp3) is 0.462. The number of aliphatic hydroxyl groups is 2. The van der Waals surface area contributed by atoms with Crippen LogP contribution >= 0.6 is 0 Å². The Bertz CT molecular complexity index is 683. The van der Waals surface area contributed by atoms with E-state index >= 15 is 0 Å². The monoisotopic (exact) mass is 296 g/mol. The van der Waals surface area contributed by atoms with Gasteiger partial charge in [0.15, 0.2) is 0 Å². The Morgan fingerprint density at radius 2 is 2.19 bits per heavy atom. The Kier molecular flexibility index (Phi) is 4.10. The number of aromatic nitrogens is 2. The Labute approximate surface area is 119 Å². The number of nitrogens with one attached hydrogen (secondary N) is 1. The smallest absolute Gasteiger partial charge is 0.330 e. The van der Waals surface area contributed by atoms with Crippen molar-refractivity contribution in [1.82, 2.24) is 9.55 Å². The lowest BCUT2D eigenvalue weighted by Crippen LogP contribution is -2.32. The molecule has 0 amide bonds. The van der Waals surface area contributed by atoms with Crippen molar-refractivity contribution in [3.05, 3.63) is 38.7 Å². The van der Waals surface area contributed by atoms with Crippen molar-refractivity contribution in [1.29, 1.82) is 0 Å². The first-order valence-electron chi connectivity index (χ1n) is 6.30. The molecule has 2 rings (SSSR count). The summed E-state index contributed by atoms with van der Waals surface area (Å²) in [6.45, 7) is -0.514. The summed E-state index contributed by atoms with van der Waals surface area (Å²) in [6.07, 6.45) is 4.05. The van der Waals surface area contributed by atoms with E-state index in [4.69, 9.17) is 0 Å². The summed E-state index contributed by atoms with van der Waals surface area (Å²) in [5.74, 6) is -0.626. The van der Waals surface area contributed by atoms with Crippen LogP contribution in [0.1, 0.15) is 18.0 Å². The maximum absolute atomic E-state index is 11.8. The second-order valence-corrected chi connectivity index (χ2v) is 5.01. The van der Waals surface area contributed by atoms with Crippen molar-refractivity contribution in [2.24, 2.45) is 5.41 Å². The zero-order chi connectivity index (χ0) is 15.6. The van der Waals surface area contributed by atoms with E-state index in [2.05, 4.69) is 9.72 Å². The van der Waals surface area contributed by atoms with Gasteiger partial charge >= 0.3 is 11.7 Å². The lowest BCUT2D eigenvalue weighted by atomic mass is 10.1. The highest BCUT2D eigenvalue weighted by Gasteiger charge is 2.55. The molecule has 1 fully saturated rings. The lowest BCUT2D eigenvalue weighted by Gasteiger charge is -2.12. The van der Waals surface area contributed by atoms with Crippen molar-refractivity contribution in [2.45, 2.75) is 12.5 Å². The van der Waals surface area contributed by atoms with Gasteiger partial charge in [-0.1, -0.05) is 0 Å². The maximum Gasteiger partial charge on any atom is 0.330 e. The van der Waals surface area contributed by atoms with E-state index in [9.17, 15) is 24.6 Å². The lowest BCUT2D eigenvalue weighted by molar-refractivity contribution is -0.134. The van der Waals surface area contributed by atoms with E-state index in [1.54, 1.807) is 0 Å². The molecule has 1 aromatic heterocycles. The van der Waals surface area contributed by atoms with Crippen LogP contribution in [0.4, 0.5) is 0 Å². The number of aliphatic hydroxyl groups excluding tert-OH is 2. The Morgan fingerprint density at radius 1 is 1.52 bits per heavy atom. The van der Waals surface area contributed by atoms with Gasteiger partial charge in [-0.25, -0.2) is 9.59 Å². The van der Waals surface area contributed by atoms with Crippen LogP contribution < -0.4 is 11.2 Å². The van der Waals surface area contributed by atoms with Crippen LogP contribution in [-0.2, 0) is 9.53 Å². The molecule has 3 N–H and O–H groups in total. The third-order valence-corrected chi connectivity index (χ3v) is 3.71. The molecule has 8 nitrogen and oxygen atoms in total. The average Bonchev–Trinajstić information content (AvgIpc) is 3.21. The van der Waals surface area contributed by atoms with Crippen LogP contribution in [-0.4, -0.2) is 46.1 Å². The van der Waals surface area contributed by atoms with Crippen LogP contribution in [0.15, 0.2) is 21.9 Å². The third kappa shape index (κ3) is 2.81. The minimum absolute atomic E-state index is 0.108. The molecular formula is C13H16N2O6. The van der Waals surface area contributed by atoms with Gasteiger partial charge in [0.05, 0.1) is 25.9 Å². The predicted octanol–water partition coefficient (Wildman–Crippen LogP) is -1.36. The number of methoxy groups -OCH3 is 1. The highest BCUT2D eigenvalue weighted by molar-refractivity contribution is 5.86. The van der Waals surface area contributed by atoms with Gasteiger partial charge in [-0.2, -0.15) is 0 Å². The summed E-state index contributed by atoms with van der Waals surface area (Å²) in [5, 5.41) is 18.6. The standard InChI is InChI=1S/C13H16N2O6/c1-21-10(18)3-2-8-5-15(12(20)14-11(8)19)9-4-13(9,6-16)7-17/h2-3,5,9,16-17H,4,6-7H2,1H3,(H,14,19,20)/b3-2+. The predicted molar refractivity (Wildman–Crippen MR) is 72.6 cm³/mol. The maximum atomic E-state index is 11.8. The van der Waals surface area contributed by atoms with Crippen LogP contribution in [0.2, 0.25) is 0 Å². The topological polar surface area (TPSA) is 122 Å². The first-order chi connectivity index (χ1) is 9.97. The molecule has 1 unspecified atom stereocenters. The molecular weight excluding hydrogens is 280 g/mol.